The van der Waals surface area contributed by atoms with Crippen molar-refractivity contribution >= 4 is 74.6 Å². The van der Waals surface area contributed by atoms with Gasteiger partial charge in [0, 0.05) is 5.97 Å². The van der Waals surface area contributed by atoms with Crippen LogP contribution in [0.5, 0.6) is 0 Å². The standard InChI is InChI=1S/C18H36O2.Ca.Mg.H3O4P/c1-2-3-4-5-6-7-8-9-10-11-12-13-14-15-16-17-18(19)20;;;1-5(2,3)4/h2-17H2,1H3,(H,19,20);;;(H3,1,2,3,4)/q;2*+2;/p-4. The summed E-state index contributed by atoms with van der Waals surface area (Å²) < 4.78 is 8.55. The van der Waals surface area contributed by atoms with Gasteiger partial charge in [-0.25, -0.2) is 0 Å². The van der Waals surface area contributed by atoms with Crippen LogP contribution in [0.4, 0.5) is 0 Å². The zero-order valence-electron chi connectivity index (χ0n) is 17.1. The van der Waals surface area contributed by atoms with Gasteiger partial charge in [-0.3, -0.25) is 0 Å². The number of aliphatic carboxylic acids is 1. The van der Waals surface area contributed by atoms with Gasteiger partial charge in [0.2, 0.25) is 0 Å². The monoisotopic (exact) mass is 442 g/mol. The second-order valence-electron chi connectivity index (χ2n) is 6.52. The number of unbranched alkanes of at least 4 members (excludes halogenated alkanes) is 14. The predicted octanol–water partition coefficient (Wildman–Crippen LogP) is 1.41. The van der Waals surface area contributed by atoms with Crippen molar-refractivity contribution in [3.63, 3.8) is 0 Å². The summed E-state index contributed by atoms with van der Waals surface area (Å²) in [6, 6.07) is 0. The van der Waals surface area contributed by atoms with E-state index in [4.69, 9.17) is 19.2 Å². The molecule has 0 aliphatic carbocycles. The largest absolute Gasteiger partial charge is 2.00 e. The maximum atomic E-state index is 10.2. The van der Waals surface area contributed by atoms with Crippen LogP contribution in [-0.2, 0) is 9.36 Å². The Hall–Kier alpha value is 1.61. The molecule has 0 aliphatic rings. The summed E-state index contributed by atoms with van der Waals surface area (Å²) in [6.07, 6.45) is 19.9. The molecule has 6 nitrogen and oxygen atoms in total. The average molecular weight is 443 g/mol. The minimum atomic E-state index is -5.39. The summed E-state index contributed by atoms with van der Waals surface area (Å²) in [6.45, 7) is 2.27. The fourth-order valence-corrected chi connectivity index (χ4v) is 2.64. The molecule has 0 unspecified atom stereocenters. The molecule has 0 spiro atoms. The molecule has 0 bridgehead atoms. The summed E-state index contributed by atoms with van der Waals surface area (Å²) in [5.74, 6) is -0.903. The maximum Gasteiger partial charge on any atom is 2.00 e. The van der Waals surface area contributed by atoms with Crippen molar-refractivity contribution in [3.8, 4) is 0 Å². The van der Waals surface area contributed by atoms with Crippen molar-refractivity contribution in [1.82, 2.24) is 0 Å². The number of hydrogen-bond donors (Lipinski definition) is 0. The van der Waals surface area contributed by atoms with Crippen LogP contribution >= 0.6 is 7.82 Å². The molecule has 0 heterocycles. The molecule has 0 saturated carbocycles. The molecule has 9 heteroatoms. The molecule has 0 fully saturated rings. The third kappa shape index (κ3) is 52.3. The molecule has 152 valence electrons. The van der Waals surface area contributed by atoms with E-state index >= 15 is 0 Å². The SMILES string of the molecule is CCCCCCCCCCCCCCCCCC(=O)[O-].O=P([O-])([O-])[O-].[Ca+2].[Mg+2]. The van der Waals surface area contributed by atoms with Crippen LogP contribution in [0.3, 0.4) is 0 Å². The van der Waals surface area contributed by atoms with Gasteiger partial charge in [-0.15, -0.1) is 0 Å². The van der Waals surface area contributed by atoms with Crippen LogP contribution in [-0.4, -0.2) is 66.8 Å². The van der Waals surface area contributed by atoms with Gasteiger partial charge in [0.15, 0.2) is 0 Å². The molecule has 0 saturated heterocycles. The quantitative estimate of drug-likeness (QED) is 0.202. The number of phosphoric acid groups is 1. The van der Waals surface area contributed by atoms with Gasteiger partial charge in [-0.1, -0.05) is 96.8 Å². The second kappa shape index (κ2) is 27.6. The van der Waals surface area contributed by atoms with E-state index in [-0.39, 0.29) is 67.2 Å². The number of carboxylic acids is 1. The first-order chi connectivity index (χ1) is 11.8. The van der Waals surface area contributed by atoms with Gasteiger partial charge in [-0.05, 0) is 12.8 Å². The molecule has 0 aliphatic heterocycles. The van der Waals surface area contributed by atoms with Crippen molar-refractivity contribution < 1.29 is 29.1 Å². The number of rotatable bonds is 16. The third-order valence-corrected chi connectivity index (χ3v) is 3.98. The Morgan fingerprint density at radius 3 is 1.11 bits per heavy atom. The summed E-state index contributed by atoms with van der Waals surface area (Å²) >= 11 is 0. The molecule has 0 radical (unpaired) electrons. The van der Waals surface area contributed by atoms with Gasteiger partial charge in [0.25, 0.3) is 0 Å². The first kappa shape index (κ1) is 36.0. The Bertz CT molecular complexity index is 334. The van der Waals surface area contributed by atoms with Crippen LogP contribution in [0, 0.1) is 0 Å². The zero-order chi connectivity index (χ0) is 19.4. The average Bonchev–Trinajstić information content (AvgIpc) is 2.49. The van der Waals surface area contributed by atoms with Gasteiger partial charge in [-0.2, -0.15) is 7.82 Å². The van der Waals surface area contributed by atoms with Crippen LogP contribution < -0.4 is 19.8 Å². The van der Waals surface area contributed by atoms with Gasteiger partial charge < -0.3 is 29.1 Å². The Morgan fingerprint density at radius 2 is 0.889 bits per heavy atom. The van der Waals surface area contributed by atoms with E-state index in [0.717, 1.165) is 12.8 Å². The van der Waals surface area contributed by atoms with Crippen molar-refractivity contribution in [3.05, 3.63) is 0 Å². The van der Waals surface area contributed by atoms with E-state index in [1.54, 1.807) is 0 Å². The van der Waals surface area contributed by atoms with E-state index < -0.39 is 13.8 Å². The summed E-state index contributed by atoms with van der Waals surface area (Å²) in [7, 11) is -5.39. The minimum absolute atomic E-state index is 0. The molecule has 27 heavy (non-hydrogen) atoms. The zero-order valence-corrected chi connectivity index (χ0v) is 21.6. The van der Waals surface area contributed by atoms with E-state index in [1.165, 1.54) is 83.5 Å². The summed E-state index contributed by atoms with van der Waals surface area (Å²) in [4.78, 5) is 35.9. The number of carbonyl (C=O) groups is 1. The Labute approximate surface area is 211 Å². The molecule has 0 atom stereocenters. The van der Waals surface area contributed by atoms with Gasteiger partial charge in [0.1, 0.15) is 0 Å². The van der Waals surface area contributed by atoms with Crippen molar-refractivity contribution in [2.75, 3.05) is 0 Å². The molecule has 0 aromatic carbocycles. The Morgan fingerprint density at radius 1 is 0.667 bits per heavy atom. The maximum absolute atomic E-state index is 10.2. The molecule has 0 N–H and O–H groups in total. The number of carbonyl (C=O) groups excluding carboxylic acids is 1. The number of carboxylic acid groups (broad SMARTS) is 1. The van der Waals surface area contributed by atoms with Gasteiger partial charge in [0.05, 0.1) is 0 Å². The fourth-order valence-electron chi connectivity index (χ4n) is 2.64. The summed E-state index contributed by atoms with van der Waals surface area (Å²) in [5, 5.41) is 10.2. The normalized spacial score (nSPS) is 10.2. The molecule has 0 aromatic rings. The van der Waals surface area contributed by atoms with E-state index in [1.807, 2.05) is 0 Å². The van der Waals surface area contributed by atoms with Crippen LogP contribution in [0.1, 0.15) is 110 Å². The number of hydrogen-bond acceptors (Lipinski definition) is 6. The minimum Gasteiger partial charge on any atom is -0.822 e. The van der Waals surface area contributed by atoms with E-state index in [0.29, 0.717) is 0 Å². The fraction of sp³-hybridized carbons (Fsp3) is 0.944. The van der Waals surface area contributed by atoms with Crippen molar-refractivity contribution in [2.24, 2.45) is 0 Å². The third-order valence-electron chi connectivity index (χ3n) is 3.98. The predicted molar refractivity (Wildman–Crippen MR) is 104 cm³/mol. The van der Waals surface area contributed by atoms with Crippen LogP contribution in [0.25, 0.3) is 0 Å². The van der Waals surface area contributed by atoms with E-state index in [9.17, 15) is 9.90 Å². The topological polar surface area (TPSA) is 126 Å². The smallest absolute Gasteiger partial charge is 0.822 e. The molecule has 0 amide bonds. The second-order valence-corrected chi connectivity index (χ2v) is 7.41. The molecular formula is C18H35CaMgO6P. The molecule has 0 aromatic heterocycles. The Balaban J connectivity index is -0.000000333. The van der Waals surface area contributed by atoms with Crippen molar-refractivity contribution in [2.45, 2.75) is 110 Å². The van der Waals surface area contributed by atoms with Crippen molar-refractivity contribution in [1.29, 1.82) is 0 Å². The molecular weight excluding hydrogens is 408 g/mol. The first-order valence-electron chi connectivity index (χ1n) is 9.70. The van der Waals surface area contributed by atoms with E-state index in [2.05, 4.69) is 6.92 Å². The van der Waals surface area contributed by atoms with Crippen LogP contribution in [0.15, 0.2) is 0 Å². The molecule has 0 rings (SSSR count). The Kier molecular flexibility index (Phi) is 36.8. The van der Waals surface area contributed by atoms with Crippen LogP contribution in [0.2, 0.25) is 0 Å². The first-order valence-corrected chi connectivity index (χ1v) is 11.2. The summed E-state index contributed by atoms with van der Waals surface area (Å²) in [5.41, 5.74) is 0. The van der Waals surface area contributed by atoms with Gasteiger partial charge >= 0.3 is 60.8 Å².